The van der Waals surface area contributed by atoms with Gasteiger partial charge in [-0.15, -0.1) is 0 Å². The molecule has 5 N–H and O–H groups in total. The molecule has 0 bridgehead atoms. The van der Waals surface area contributed by atoms with Crippen molar-refractivity contribution in [1.82, 2.24) is 0 Å². The highest BCUT2D eigenvalue weighted by atomic mass is 16.7. The quantitative estimate of drug-likeness (QED) is 0.346. The van der Waals surface area contributed by atoms with Gasteiger partial charge in [-0.1, -0.05) is 11.8 Å². The molecular formula is C19H22O7. The largest absolute Gasteiger partial charge is 0.394 e. The molecule has 0 aromatic carbocycles. The van der Waals surface area contributed by atoms with Crippen LogP contribution < -0.4 is 0 Å². The van der Waals surface area contributed by atoms with Gasteiger partial charge in [0.1, 0.15) is 24.4 Å². The summed E-state index contributed by atoms with van der Waals surface area (Å²) in [6.07, 6.45) is -6.87. The number of aliphatic hydroxyl groups excluding tert-OH is 5. The zero-order valence-electron chi connectivity index (χ0n) is 14.3. The Morgan fingerprint density at radius 2 is 1.58 bits per heavy atom. The van der Waals surface area contributed by atoms with Crippen LogP contribution in [0.15, 0.2) is 0 Å². The van der Waals surface area contributed by atoms with Gasteiger partial charge in [0.05, 0.1) is 19.3 Å². The molecule has 1 heterocycles. The van der Waals surface area contributed by atoms with Crippen molar-refractivity contribution < 1.29 is 35.0 Å². The van der Waals surface area contributed by atoms with Gasteiger partial charge in [-0.25, -0.2) is 0 Å². The Morgan fingerprint density at radius 1 is 0.923 bits per heavy atom. The molecule has 0 radical (unpaired) electrons. The molecule has 1 aliphatic rings. The molecule has 1 aliphatic heterocycles. The summed E-state index contributed by atoms with van der Waals surface area (Å²) >= 11 is 0. The van der Waals surface area contributed by atoms with Crippen molar-refractivity contribution in [2.45, 2.75) is 56.6 Å². The molecule has 0 saturated carbocycles. The van der Waals surface area contributed by atoms with E-state index in [4.69, 9.17) is 14.6 Å². The zero-order valence-corrected chi connectivity index (χ0v) is 14.3. The minimum atomic E-state index is -1.53. The molecule has 7 nitrogen and oxygen atoms in total. The summed E-state index contributed by atoms with van der Waals surface area (Å²) in [5, 5.41) is 47.8. The number of hydrogen-bond acceptors (Lipinski definition) is 7. The van der Waals surface area contributed by atoms with Gasteiger partial charge < -0.3 is 35.0 Å². The SMILES string of the molecule is CC#CC#CC#CC#CCCC(CO)O[C@@H]1O[C@H](CO)[C@@H](O)[C@H](O)[C@H]1O. The van der Waals surface area contributed by atoms with Crippen molar-refractivity contribution >= 4 is 0 Å². The van der Waals surface area contributed by atoms with Crippen molar-refractivity contribution in [3.05, 3.63) is 0 Å². The van der Waals surface area contributed by atoms with Gasteiger partial charge in [0.2, 0.25) is 0 Å². The molecule has 0 amide bonds. The first-order chi connectivity index (χ1) is 12.5. The summed E-state index contributed by atoms with van der Waals surface area (Å²) in [5.41, 5.74) is 0. The first kappa shape index (κ1) is 22.0. The molecular weight excluding hydrogens is 340 g/mol. The minimum Gasteiger partial charge on any atom is -0.394 e. The molecule has 0 aromatic rings. The van der Waals surface area contributed by atoms with E-state index in [-0.39, 0.29) is 6.61 Å². The molecule has 26 heavy (non-hydrogen) atoms. The molecule has 1 saturated heterocycles. The summed E-state index contributed by atoms with van der Waals surface area (Å²) < 4.78 is 10.7. The average Bonchev–Trinajstić information content (AvgIpc) is 2.65. The standard InChI is InChI=1S/C19H22O7/c1-2-3-4-5-6-7-8-9-10-11-14(12-20)25-19-18(24)17(23)16(22)15(13-21)26-19/h14-24H,10-13H2,1H3/t14?,15-,16-,17+,18-,19-/m1/s1. The highest BCUT2D eigenvalue weighted by molar-refractivity contribution is 5.39. The third kappa shape index (κ3) is 7.06. The predicted molar refractivity (Wildman–Crippen MR) is 91.7 cm³/mol. The fourth-order valence-corrected chi connectivity index (χ4v) is 2.10. The van der Waals surface area contributed by atoms with Gasteiger partial charge >= 0.3 is 0 Å². The molecule has 1 rings (SSSR count). The van der Waals surface area contributed by atoms with Gasteiger partial charge in [0.25, 0.3) is 0 Å². The third-order valence-electron chi connectivity index (χ3n) is 3.50. The molecule has 140 valence electrons. The van der Waals surface area contributed by atoms with Gasteiger partial charge in [-0.05, 0) is 48.9 Å². The van der Waals surface area contributed by atoms with E-state index in [0.29, 0.717) is 12.8 Å². The van der Waals surface area contributed by atoms with Crippen molar-refractivity contribution in [1.29, 1.82) is 0 Å². The van der Waals surface area contributed by atoms with E-state index in [9.17, 15) is 20.4 Å². The molecule has 0 spiro atoms. The Balaban J connectivity index is 2.52. The van der Waals surface area contributed by atoms with Gasteiger partial charge in [0.15, 0.2) is 6.29 Å². The van der Waals surface area contributed by atoms with Crippen LogP contribution in [0.2, 0.25) is 0 Å². The summed E-state index contributed by atoms with van der Waals surface area (Å²) in [6.45, 7) is 0.765. The number of aliphatic hydroxyl groups is 5. The van der Waals surface area contributed by atoms with Crippen LogP contribution in [0.3, 0.4) is 0 Å². The Kier molecular flexibility index (Phi) is 10.4. The maximum Gasteiger partial charge on any atom is 0.187 e. The number of ether oxygens (including phenoxy) is 2. The number of hydrogen-bond donors (Lipinski definition) is 5. The maximum atomic E-state index is 9.90. The second-order valence-corrected chi connectivity index (χ2v) is 5.35. The monoisotopic (exact) mass is 362 g/mol. The van der Waals surface area contributed by atoms with Crippen LogP contribution in [0.25, 0.3) is 0 Å². The first-order valence-corrected chi connectivity index (χ1v) is 8.01. The fourth-order valence-electron chi connectivity index (χ4n) is 2.10. The van der Waals surface area contributed by atoms with Crippen molar-refractivity contribution in [3.63, 3.8) is 0 Å². The average molecular weight is 362 g/mol. The van der Waals surface area contributed by atoms with Crippen molar-refractivity contribution in [2.75, 3.05) is 13.2 Å². The molecule has 7 heteroatoms. The topological polar surface area (TPSA) is 120 Å². The second-order valence-electron chi connectivity index (χ2n) is 5.35. The van der Waals surface area contributed by atoms with Crippen LogP contribution in [0, 0.1) is 47.4 Å². The summed E-state index contributed by atoms with van der Waals surface area (Å²) in [7, 11) is 0. The number of rotatable bonds is 6. The van der Waals surface area contributed by atoms with Crippen LogP contribution in [0.1, 0.15) is 19.8 Å². The molecule has 0 aromatic heterocycles. The summed E-state index contributed by atoms with van der Waals surface area (Å²) in [6, 6.07) is 0. The lowest BCUT2D eigenvalue weighted by molar-refractivity contribution is -0.313. The van der Waals surface area contributed by atoms with E-state index in [1.165, 1.54) is 0 Å². The zero-order chi connectivity index (χ0) is 19.4. The first-order valence-electron chi connectivity index (χ1n) is 8.01. The lowest BCUT2D eigenvalue weighted by Gasteiger charge is -2.40. The lowest BCUT2D eigenvalue weighted by Crippen LogP contribution is -2.59. The van der Waals surface area contributed by atoms with Gasteiger partial charge in [0, 0.05) is 6.42 Å². The van der Waals surface area contributed by atoms with Gasteiger partial charge in [-0.3, -0.25) is 0 Å². The van der Waals surface area contributed by atoms with E-state index in [0.717, 1.165) is 0 Å². The van der Waals surface area contributed by atoms with Gasteiger partial charge in [-0.2, -0.15) is 0 Å². The Morgan fingerprint density at radius 3 is 2.19 bits per heavy atom. The second kappa shape index (κ2) is 12.3. The van der Waals surface area contributed by atoms with Crippen LogP contribution in [0.5, 0.6) is 0 Å². The minimum absolute atomic E-state index is 0.327. The Hall–Kier alpha value is -2.04. The summed E-state index contributed by atoms with van der Waals surface area (Å²) in [4.78, 5) is 0. The third-order valence-corrected chi connectivity index (χ3v) is 3.50. The molecule has 1 fully saturated rings. The fraction of sp³-hybridized carbons (Fsp3) is 0.579. The molecule has 1 unspecified atom stereocenters. The predicted octanol–water partition coefficient (Wildman–Crippen LogP) is -2.02. The maximum absolute atomic E-state index is 9.90. The van der Waals surface area contributed by atoms with E-state index in [2.05, 4.69) is 47.4 Å². The van der Waals surface area contributed by atoms with E-state index in [1.54, 1.807) is 6.92 Å². The van der Waals surface area contributed by atoms with Crippen molar-refractivity contribution in [2.24, 2.45) is 0 Å². The highest BCUT2D eigenvalue weighted by Crippen LogP contribution is 2.23. The van der Waals surface area contributed by atoms with E-state index < -0.39 is 43.4 Å². The lowest BCUT2D eigenvalue weighted by atomic mass is 9.99. The van der Waals surface area contributed by atoms with Crippen LogP contribution in [-0.4, -0.2) is 75.6 Å². The Bertz CT molecular complexity index is 672. The van der Waals surface area contributed by atoms with E-state index in [1.807, 2.05) is 0 Å². The van der Waals surface area contributed by atoms with Crippen LogP contribution >= 0.6 is 0 Å². The highest BCUT2D eigenvalue weighted by Gasteiger charge is 2.44. The van der Waals surface area contributed by atoms with Crippen LogP contribution in [-0.2, 0) is 9.47 Å². The normalized spacial score (nSPS) is 28.0. The molecule has 6 atom stereocenters. The van der Waals surface area contributed by atoms with Crippen LogP contribution in [0.4, 0.5) is 0 Å². The Labute approximate surface area is 152 Å². The smallest absolute Gasteiger partial charge is 0.187 e. The van der Waals surface area contributed by atoms with Crippen molar-refractivity contribution in [3.8, 4) is 47.4 Å². The summed E-state index contributed by atoms with van der Waals surface area (Å²) in [5.74, 6) is 20.6. The van der Waals surface area contributed by atoms with E-state index >= 15 is 0 Å². The molecule has 0 aliphatic carbocycles.